The van der Waals surface area contributed by atoms with Gasteiger partial charge in [-0.15, -0.1) is 0 Å². The number of aromatic nitrogens is 2. The standard InChI is InChI=1S/C23H24FN3O4/c1-29-17-6-7-19(30-2)18(13-17)21-22(20(26-27-21)14-8-10-31-11-9-14)25-23(28)15-4-3-5-16(24)12-15/h3-7,12-14H,8-11H2,1-2H3,(H,25,28)(H,26,27). The number of nitrogens with zero attached hydrogens (tertiary/aromatic N) is 1. The summed E-state index contributed by atoms with van der Waals surface area (Å²) < 4.78 is 30.0. The molecule has 2 heterocycles. The second-order valence-electron chi connectivity index (χ2n) is 7.28. The molecule has 3 aromatic rings. The zero-order chi connectivity index (χ0) is 21.8. The van der Waals surface area contributed by atoms with E-state index in [2.05, 4.69) is 15.5 Å². The normalized spacial score (nSPS) is 14.3. The van der Waals surface area contributed by atoms with Crippen LogP contribution in [0.1, 0.15) is 34.8 Å². The van der Waals surface area contributed by atoms with Crippen molar-refractivity contribution in [1.82, 2.24) is 10.2 Å². The van der Waals surface area contributed by atoms with Crippen LogP contribution in [0.2, 0.25) is 0 Å². The Morgan fingerprint density at radius 1 is 1.16 bits per heavy atom. The highest BCUT2D eigenvalue weighted by atomic mass is 19.1. The number of carbonyl (C=O) groups excluding carboxylic acids is 1. The third-order valence-electron chi connectivity index (χ3n) is 5.41. The average molecular weight is 425 g/mol. The number of H-pyrrole nitrogens is 1. The summed E-state index contributed by atoms with van der Waals surface area (Å²) in [5, 5.41) is 10.6. The van der Waals surface area contributed by atoms with Crippen molar-refractivity contribution in [1.29, 1.82) is 0 Å². The first-order chi connectivity index (χ1) is 15.1. The molecule has 8 heteroatoms. The molecule has 0 bridgehead atoms. The van der Waals surface area contributed by atoms with Crippen molar-refractivity contribution < 1.29 is 23.4 Å². The van der Waals surface area contributed by atoms with Crippen molar-refractivity contribution in [2.24, 2.45) is 0 Å². The molecule has 0 radical (unpaired) electrons. The first kappa shape index (κ1) is 20.9. The van der Waals surface area contributed by atoms with Crippen LogP contribution in [0.4, 0.5) is 10.1 Å². The zero-order valence-corrected chi connectivity index (χ0v) is 17.4. The van der Waals surface area contributed by atoms with Gasteiger partial charge in [0.15, 0.2) is 0 Å². The molecule has 31 heavy (non-hydrogen) atoms. The summed E-state index contributed by atoms with van der Waals surface area (Å²) in [4.78, 5) is 13.0. The highest BCUT2D eigenvalue weighted by Crippen LogP contribution is 2.41. The van der Waals surface area contributed by atoms with Gasteiger partial charge in [-0.25, -0.2) is 4.39 Å². The average Bonchev–Trinajstić information content (AvgIpc) is 3.22. The minimum Gasteiger partial charge on any atom is -0.497 e. The van der Waals surface area contributed by atoms with Crippen LogP contribution in [0, 0.1) is 5.82 Å². The molecule has 0 atom stereocenters. The van der Waals surface area contributed by atoms with Crippen LogP contribution in [0.3, 0.4) is 0 Å². The number of ether oxygens (including phenoxy) is 3. The number of nitrogens with one attached hydrogen (secondary N) is 2. The van der Waals surface area contributed by atoms with Gasteiger partial charge in [-0.1, -0.05) is 6.07 Å². The van der Waals surface area contributed by atoms with E-state index in [4.69, 9.17) is 14.2 Å². The van der Waals surface area contributed by atoms with Crippen LogP contribution in [0.5, 0.6) is 11.5 Å². The molecule has 0 spiro atoms. The van der Waals surface area contributed by atoms with Gasteiger partial charge in [0.05, 0.1) is 25.6 Å². The quantitative estimate of drug-likeness (QED) is 0.612. The lowest BCUT2D eigenvalue weighted by Crippen LogP contribution is -2.18. The van der Waals surface area contributed by atoms with Crippen molar-refractivity contribution in [3.8, 4) is 22.8 Å². The van der Waals surface area contributed by atoms with Gasteiger partial charge in [-0.05, 0) is 49.2 Å². The van der Waals surface area contributed by atoms with E-state index in [9.17, 15) is 9.18 Å². The molecule has 4 rings (SSSR count). The summed E-state index contributed by atoms with van der Waals surface area (Å²) in [6.45, 7) is 1.28. The Kier molecular flexibility index (Phi) is 6.18. The van der Waals surface area contributed by atoms with Crippen molar-refractivity contribution in [3.05, 3.63) is 59.5 Å². The van der Waals surface area contributed by atoms with Gasteiger partial charge in [-0.3, -0.25) is 9.89 Å². The van der Waals surface area contributed by atoms with Crippen molar-refractivity contribution in [2.45, 2.75) is 18.8 Å². The largest absolute Gasteiger partial charge is 0.497 e. The predicted molar refractivity (Wildman–Crippen MR) is 114 cm³/mol. The Morgan fingerprint density at radius 3 is 2.68 bits per heavy atom. The first-order valence-electron chi connectivity index (χ1n) is 10.1. The van der Waals surface area contributed by atoms with Crippen LogP contribution in [-0.2, 0) is 4.74 Å². The Balaban J connectivity index is 1.79. The minimum absolute atomic E-state index is 0.148. The summed E-state index contributed by atoms with van der Waals surface area (Å²) >= 11 is 0. The number of amides is 1. The van der Waals surface area contributed by atoms with Gasteiger partial charge in [0.2, 0.25) is 0 Å². The van der Waals surface area contributed by atoms with Crippen molar-refractivity contribution in [2.75, 3.05) is 32.8 Å². The van der Waals surface area contributed by atoms with Crippen LogP contribution in [0.15, 0.2) is 42.5 Å². The van der Waals surface area contributed by atoms with E-state index < -0.39 is 11.7 Å². The Morgan fingerprint density at radius 2 is 1.97 bits per heavy atom. The third kappa shape index (κ3) is 4.39. The maximum atomic E-state index is 13.7. The van der Waals surface area contributed by atoms with Crippen LogP contribution in [-0.4, -0.2) is 43.5 Å². The summed E-state index contributed by atoms with van der Waals surface area (Å²) in [6.07, 6.45) is 1.61. The van der Waals surface area contributed by atoms with Gasteiger partial charge in [0.1, 0.15) is 23.0 Å². The van der Waals surface area contributed by atoms with Gasteiger partial charge >= 0.3 is 0 Å². The molecule has 2 aromatic carbocycles. The SMILES string of the molecule is COc1ccc(OC)c(-c2n[nH]c(C3CCOCC3)c2NC(=O)c2cccc(F)c2)c1. The summed E-state index contributed by atoms with van der Waals surface area (Å²) in [7, 11) is 3.15. The summed E-state index contributed by atoms with van der Waals surface area (Å²) in [6, 6.07) is 11.0. The number of hydrogen-bond acceptors (Lipinski definition) is 5. The first-order valence-corrected chi connectivity index (χ1v) is 10.1. The van der Waals surface area contributed by atoms with Gasteiger partial charge in [0.25, 0.3) is 5.91 Å². The van der Waals surface area contributed by atoms with Gasteiger partial charge < -0.3 is 19.5 Å². The molecule has 0 saturated carbocycles. The van der Waals surface area contributed by atoms with E-state index in [-0.39, 0.29) is 11.5 Å². The van der Waals surface area contributed by atoms with Crippen LogP contribution >= 0.6 is 0 Å². The molecular weight excluding hydrogens is 401 g/mol. The number of anilines is 1. The summed E-state index contributed by atoms with van der Waals surface area (Å²) in [5.74, 6) is 0.479. The number of rotatable bonds is 6. The molecule has 1 amide bonds. The Bertz CT molecular complexity index is 1080. The van der Waals surface area contributed by atoms with Crippen molar-refractivity contribution in [3.63, 3.8) is 0 Å². The number of hydrogen-bond donors (Lipinski definition) is 2. The Hall–Kier alpha value is -3.39. The van der Waals surface area contributed by atoms with E-state index in [0.717, 1.165) is 18.5 Å². The maximum absolute atomic E-state index is 13.7. The highest BCUT2D eigenvalue weighted by Gasteiger charge is 2.27. The van der Waals surface area contributed by atoms with Gasteiger partial charge in [0, 0.05) is 30.3 Å². The predicted octanol–water partition coefficient (Wildman–Crippen LogP) is 4.38. The second-order valence-corrected chi connectivity index (χ2v) is 7.28. The molecule has 2 N–H and O–H groups in total. The molecule has 7 nitrogen and oxygen atoms in total. The molecule has 162 valence electrons. The van der Waals surface area contributed by atoms with E-state index in [1.807, 2.05) is 0 Å². The molecule has 0 unspecified atom stereocenters. The van der Waals surface area contributed by atoms with Crippen LogP contribution < -0.4 is 14.8 Å². The van der Waals surface area contributed by atoms with Gasteiger partial charge in [-0.2, -0.15) is 5.10 Å². The van der Waals surface area contributed by atoms with Crippen molar-refractivity contribution >= 4 is 11.6 Å². The lowest BCUT2D eigenvalue weighted by atomic mass is 9.94. The monoisotopic (exact) mass is 425 g/mol. The molecule has 1 saturated heterocycles. The van der Waals surface area contributed by atoms with E-state index in [1.165, 1.54) is 18.2 Å². The number of methoxy groups -OCH3 is 2. The molecule has 1 aromatic heterocycles. The molecule has 0 aliphatic carbocycles. The lowest BCUT2D eigenvalue weighted by Gasteiger charge is -2.22. The Labute approximate surface area is 179 Å². The number of benzene rings is 2. The van der Waals surface area contributed by atoms with E-state index in [0.29, 0.717) is 41.7 Å². The fraction of sp³-hybridized carbons (Fsp3) is 0.304. The van der Waals surface area contributed by atoms with E-state index >= 15 is 0 Å². The lowest BCUT2D eigenvalue weighted by molar-refractivity contribution is 0.0846. The number of halogens is 1. The smallest absolute Gasteiger partial charge is 0.255 e. The fourth-order valence-electron chi connectivity index (χ4n) is 3.77. The number of carbonyl (C=O) groups is 1. The topological polar surface area (TPSA) is 85.5 Å². The zero-order valence-electron chi connectivity index (χ0n) is 17.4. The number of aromatic amines is 1. The molecule has 1 fully saturated rings. The molecule has 1 aliphatic rings. The minimum atomic E-state index is -0.473. The third-order valence-corrected chi connectivity index (χ3v) is 5.41. The second kappa shape index (κ2) is 9.18. The maximum Gasteiger partial charge on any atom is 0.255 e. The molecule has 1 aliphatic heterocycles. The van der Waals surface area contributed by atoms with Crippen LogP contribution in [0.25, 0.3) is 11.3 Å². The van der Waals surface area contributed by atoms with E-state index in [1.54, 1.807) is 38.5 Å². The molecular formula is C23H24FN3O4. The highest BCUT2D eigenvalue weighted by molar-refractivity contribution is 6.06. The fourth-order valence-corrected chi connectivity index (χ4v) is 3.77. The summed E-state index contributed by atoms with van der Waals surface area (Å²) in [5.41, 5.74) is 2.79.